The van der Waals surface area contributed by atoms with Gasteiger partial charge in [0.2, 0.25) is 0 Å². The van der Waals surface area contributed by atoms with Crippen LogP contribution in [0, 0.1) is 0 Å². The zero-order chi connectivity index (χ0) is 16.5. The Balaban J connectivity index is 1.48. The van der Waals surface area contributed by atoms with Crippen LogP contribution in [0.2, 0.25) is 0 Å². The summed E-state index contributed by atoms with van der Waals surface area (Å²) in [5, 5.41) is 3.29. The molecule has 7 nitrogen and oxygen atoms in total. The molecule has 8 heteroatoms. The molecule has 0 saturated heterocycles. The number of nitrogens with one attached hydrogen (secondary N) is 1. The second kappa shape index (κ2) is 5.97. The predicted molar refractivity (Wildman–Crippen MR) is 85.9 cm³/mol. The van der Waals surface area contributed by atoms with Gasteiger partial charge >= 0.3 is 0 Å². The summed E-state index contributed by atoms with van der Waals surface area (Å²) in [5.41, 5.74) is 1.36. The van der Waals surface area contributed by atoms with Gasteiger partial charge in [-0.1, -0.05) is 11.3 Å². The van der Waals surface area contributed by atoms with E-state index in [-0.39, 0.29) is 11.8 Å². The first-order valence-electron chi connectivity index (χ1n) is 7.35. The lowest BCUT2D eigenvalue weighted by molar-refractivity contribution is 0.0704. The summed E-state index contributed by atoms with van der Waals surface area (Å²) in [6.07, 6.45) is 4.96. The normalized spacial score (nSPS) is 13.6. The third-order valence-electron chi connectivity index (χ3n) is 3.75. The summed E-state index contributed by atoms with van der Waals surface area (Å²) < 4.78 is 10.1. The summed E-state index contributed by atoms with van der Waals surface area (Å²) in [6, 6.07) is 4.94. The zero-order valence-electron chi connectivity index (χ0n) is 12.5. The van der Waals surface area contributed by atoms with E-state index in [1.807, 2.05) is 0 Å². The molecule has 1 aliphatic rings. The minimum atomic E-state index is -0.265. The first kappa shape index (κ1) is 14.7. The highest BCUT2D eigenvalue weighted by molar-refractivity contribution is 7.15. The van der Waals surface area contributed by atoms with Crippen molar-refractivity contribution in [2.75, 3.05) is 11.9 Å². The van der Waals surface area contributed by atoms with Crippen LogP contribution in [0.15, 0.2) is 45.8 Å². The lowest BCUT2D eigenvalue weighted by atomic mass is 10.1. The number of thiazole rings is 1. The molecule has 0 fully saturated rings. The van der Waals surface area contributed by atoms with Gasteiger partial charge in [0, 0.05) is 17.8 Å². The van der Waals surface area contributed by atoms with Crippen molar-refractivity contribution in [2.45, 2.75) is 13.0 Å². The molecule has 3 aromatic heterocycles. The molecule has 4 rings (SSSR count). The van der Waals surface area contributed by atoms with Crippen LogP contribution in [0.1, 0.15) is 31.5 Å². The van der Waals surface area contributed by atoms with Crippen molar-refractivity contribution in [3.8, 4) is 0 Å². The number of carbonyl (C=O) groups is 2. The number of aromatic nitrogens is 1. The molecular formula is C16H13N3O4S. The van der Waals surface area contributed by atoms with Crippen molar-refractivity contribution in [3.05, 3.63) is 58.9 Å². The Morgan fingerprint density at radius 3 is 2.96 bits per heavy atom. The molecule has 0 saturated carbocycles. The highest BCUT2D eigenvalue weighted by Gasteiger charge is 2.26. The third kappa shape index (κ3) is 2.71. The van der Waals surface area contributed by atoms with Crippen LogP contribution in [-0.4, -0.2) is 28.2 Å². The average molecular weight is 343 g/mol. The van der Waals surface area contributed by atoms with E-state index in [1.54, 1.807) is 23.1 Å². The molecule has 0 atom stereocenters. The zero-order valence-corrected chi connectivity index (χ0v) is 13.3. The average Bonchev–Trinajstić information content (AvgIpc) is 3.32. The molecule has 24 heavy (non-hydrogen) atoms. The molecule has 0 aliphatic carbocycles. The van der Waals surface area contributed by atoms with Gasteiger partial charge in [-0.15, -0.1) is 0 Å². The molecule has 2 amide bonds. The fourth-order valence-electron chi connectivity index (χ4n) is 2.54. The maximum atomic E-state index is 12.3. The van der Waals surface area contributed by atoms with E-state index in [2.05, 4.69) is 10.3 Å². The number of carbonyl (C=O) groups excluding carboxylic acids is 2. The topological polar surface area (TPSA) is 88.6 Å². The summed E-state index contributed by atoms with van der Waals surface area (Å²) in [7, 11) is 0. The molecule has 0 aromatic carbocycles. The predicted octanol–water partition coefficient (Wildman–Crippen LogP) is 2.78. The van der Waals surface area contributed by atoms with Crippen LogP contribution in [-0.2, 0) is 13.0 Å². The first-order valence-corrected chi connectivity index (χ1v) is 8.17. The fraction of sp³-hybridized carbons (Fsp3) is 0.188. The lowest BCUT2D eigenvalue weighted by Gasteiger charge is -2.25. The Morgan fingerprint density at radius 2 is 2.21 bits per heavy atom. The van der Waals surface area contributed by atoms with Gasteiger partial charge in [-0.05, 0) is 18.2 Å². The number of amides is 2. The Hall–Kier alpha value is -2.87. The largest absolute Gasteiger partial charge is 0.472 e. The lowest BCUT2D eigenvalue weighted by Crippen LogP contribution is -2.35. The van der Waals surface area contributed by atoms with Crippen LogP contribution in [0.5, 0.6) is 0 Å². The molecular weight excluding hydrogens is 330 g/mol. The molecule has 1 N–H and O–H groups in total. The van der Waals surface area contributed by atoms with Gasteiger partial charge in [0.25, 0.3) is 11.8 Å². The van der Waals surface area contributed by atoms with Gasteiger partial charge in [-0.3, -0.25) is 14.9 Å². The van der Waals surface area contributed by atoms with Crippen molar-refractivity contribution < 1.29 is 18.4 Å². The SMILES string of the molecule is O=C(Nc1nc2c(s1)CN(C(=O)c1ccco1)CC2)c1ccoc1. The molecule has 122 valence electrons. The number of nitrogens with zero attached hydrogens (tertiary/aromatic N) is 2. The quantitative estimate of drug-likeness (QED) is 0.790. The van der Waals surface area contributed by atoms with Crippen LogP contribution >= 0.6 is 11.3 Å². The minimum Gasteiger partial charge on any atom is -0.472 e. The Labute approximate surface area is 140 Å². The molecule has 0 radical (unpaired) electrons. The molecule has 1 aliphatic heterocycles. The van der Waals surface area contributed by atoms with E-state index < -0.39 is 0 Å². The molecule has 0 unspecified atom stereocenters. The van der Waals surface area contributed by atoms with E-state index >= 15 is 0 Å². The van der Waals surface area contributed by atoms with Crippen molar-refractivity contribution in [3.63, 3.8) is 0 Å². The first-order chi connectivity index (χ1) is 11.7. The second-order valence-corrected chi connectivity index (χ2v) is 6.39. The molecule has 0 bridgehead atoms. The number of hydrogen-bond acceptors (Lipinski definition) is 6. The summed E-state index contributed by atoms with van der Waals surface area (Å²) in [5.74, 6) is -0.0714. The second-order valence-electron chi connectivity index (χ2n) is 5.31. The van der Waals surface area contributed by atoms with Crippen LogP contribution < -0.4 is 5.32 Å². The Kier molecular flexibility index (Phi) is 3.66. The smallest absolute Gasteiger partial charge is 0.289 e. The molecule has 3 aromatic rings. The highest BCUT2D eigenvalue weighted by atomic mass is 32.1. The summed E-state index contributed by atoms with van der Waals surface area (Å²) >= 11 is 1.38. The monoisotopic (exact) mass is 343 g/mol. The van der Waals surface area contributed by atoms with E-state index in [0.29, 0.717) is 36.0 Å². The fourth-order valence-corrected chi connectivity index (χ4v) is 3.56. The van der Waals surface area contributed by atoms with Crippen LogP contribution in [0.3, 0.4) is 0 Å². The van der Waals surface area contributed by atoms with Gasteiger partial charge in [0.1, 0.15) is 6.26 Å². The third-order valence-corrected chi connectivity index (χ3v) is 4.75. The summed E-state index contributed by atoms with van der Waals surface area (Å²) in [4.78, 5) is 31.5. The van der Waals surface area contributed by atoms with Crippen molar-refractivity contribution in [1.29, 1.82) is 0 Å². The number of fused-ring (bicyclic) bond motifs is 1. The van der Waals surface area contributed by atoms with E-state index in [4.69, 9.17) is 8.83 Å². The standard InChI is InChI=1S/C16H13N3O4S/c20-14(10-4-7-22-9-10)18-16-17-11-3-5-19(8-13(11)24-16)15(21)12-2-1-6-23-12/h1-2,4,6-7,9H,3,5,8H2,(H,17,18,20). The Bertz CT molecular complexity index is 867. The Morgan fingerprint density at radius 1 is 1.29 bits per heavy atom. The van der Waals surface area contributed by atoms with Crippen LogP contribution in [0.4, 0.5) is 5.13 Å². The van der Waals surface area contributed by atoms with E-state index in [9.17, 15) is 9.59 Å². The van der Waals surface area contributed by atoms with Gasteiger partial charge < -0.3 is 13.7 Å². The van der Waals surface area contributed by atoms with E-state index in [0.717, 1.165) is 10.6 Å². The minimum absolute atomic E-state index is 0.136. The van der Waals surface area contributed by atoms with Crippen molar-refractivity contribution in [2.24, 2.45) is 0 Å². The highest BCUT2D eigenvalue weighted by Crippen LogP contribution is 2.29. The number of furan rings is 2. The molecule has 4 heterocycles. The number of anilines is 1. The molecule has 0 spiro atoms. The summed E-state index contributed by atoms with van der Waals surface area (Å²) in [6.45, 7) is 1.04. The maximum absolute atomic E-state index is 12.3. The number of hydrogen-bond donors (Lipinski definition) is 1. The van der Waals surface area contributed by atoms with Crippen molar-refractivity contribution >= 4 is 28.3 Å². The van der Waals surface area contributed by atoms with Gasteiger partial charge in [0.15, 0.2) is 10.9 Å². The van der Waals surface area contributed by atoms with Gasteiger partial charge in [-0.2, -0.15) is 0 Å². The van der Waals surface area contributed by atoms with E-state index in [1.165, 1.54) is 30.1 Å². The maximum Gasteiger partial charge on any atom is 0.289 e. The number of rotatable bonds is 3. The van der Waals surface area contributed by atoms with Gasteiger partial charge in [-0.25, -0.2) is 4.98 Å². The van der Waals surface area contributed by atoms with Crippen LogP contribution in [0.25, 0.3) is 0 Å². The van der Waals surface area contributed by atoms with Gasteiger partial charge in [0.05, 0.1) is 30.3 Å². The van der Waals surface area contributed by atoms with Crippen molar-refractivity contribution in [1.82, 2.24) is 9.88 Å².